The molecule has 2 aromatic rings. The van der Waals surface area contributed by atoms with Crippen molar-refractivity contribution >= 4 is 9.84 Å². The molecule has 0 aromatic heterocycles. The molecule has 0 bridgehead atoms. The van der Waals surface area contributed by atoms with Gasteiger partial charge in [0, 0.05) is 0 Å². The van der Waals surface area contributed by atoms with Crippen molar-refractivity contribution in [2.24, 2.45) is 0 Å². The molecule has 0 aliphatic rings. The second kappa shape index (κ2) is 6.37. The van der Waals surface area contributed by atoms with Gasteiger partial charge in [-0.2, -0.15) is 0 Å². The Morgan fingerprint density at radius 2 is 1.40 bits per heavy atom. The molecular formula is C20H26O4S. The lowest BCUT2D eigenvalue weighted by Crippen LogP contribution is -2.22. The minimum Gasteiger partial charge on any atom is -0.508 e. The van der Waals surface area contributed by atoms with Gasteiger partial charge in [0.15, 0.2) is 0 Å². The Morgan fingerprint density at radius 1 is 0.840 bits per heavy atom. The fraction of sp³-hybridized carbons (Fsp3) is 0.400. The predicted octanol–water partition coefficient (Wildman–Crippen LogP) is 4.70. The standard InChI is InChI=1S/C20H26O4S/c1-19(2,3)14-11-15(21)13-18(12-14)25(22,23)17-9-7-16(8-10-17)24-20(4,5)6/h7-13,21H,1-6H3. The van der Waals surface area contributed by atoms with Crippen LogP contribution in [0.2, 0.25) is 0 Å². The van der Waals surface area contributed by atoms with E-state index < -0.39 is 9.84 Å². The summed E-state index contributed by atoms with van der Waals surface area (Å²) in [5.41, 5.74) is 0.138. The molecule has 2 rings (SSSR count). The van der Waals surface area contributed by atoms with Crippen molar-refractivity contribution in [1.82, 2.24) is 0 Å². The summed E-state index contributed by atoms with van der Waals surface area (Å²) in [6.45, 7) is 11.7. The zero-order chi connectivity index (χ0) is 19.0. The lowest BCUT2D eigenvalue weighted by molar-refractivity contribution is 0.131. The molecule has 0 fully saturated rings. The molecule has 0 radical (unpaired) electrons. The van der Waals surface area contributed by atoms with Crippen LogP contribution >= 0.6 is 0 Å². The van der Waals surface area contributed by atoms with E-state index in [4.69, 9.17) is 4.74 Å². The quantitative estimate of drug-likeness (QED) is 0.859. The summed E-state index contributed by atoms with van der Waals surface area (Å²) >= 11 is 0. The van der Waals surface area contributed by atoms with E-state index in [1.807, 2.05) is 41.5 Å². The third-order valence-electron chi connectivity index (χ3n) is 3.63. The second-order valence-corrected chi connectivity index (χ2v) is 10.1. The van der Waals surface area contributed by atoms with Crippen LogP contribution in [-0.4, -0.2) is 19.1 Å². The first kappa shape index (κ1) is 19.3. The second-order valence-electron chi connectivity index (χ2n) is 8.15. The molecule has 0 aliphatic carbocycles. The molecule has 4 nitrogen and oxygen atoms in total. The molecule has 0 saturated heterocycles. The van der Waals surface area contributed by atoms with Crippen LogP contribution in [0.25, 0.3) is 0 Å². The average Bonchev–Trinajstić information content (AvgIpc) is 2.44. The number of phenols is 1. The van der Waals surface area contributed by atoms with Gasteiger partial charge in [0.2, 0.25) is 9.84 Å². The molecule has 0 amide bonds. The van der Waals surface area contributed by atoms with Gasteiger partial charge < -0.3 is 9.84 Å². The van der Waals surface area contributed by atoms with Crippen molar-refractivity contribution < 1.29 is 18.3 Å². The van der Waals surface area contributed by atoms with Gasteiger partial charge in [-0.1, -0.05) is 20.8 Å². The van der Waals surface area contributed by atoms with Gasteiger partial charge in [-0.25, -0.2) is 8.42 Å². The van der Waals surface area contributed by atoms with Crippen molar-refractivity contribution in [2.45, 2.75) is 62.3 Å². The number of phenolic OH excluding ortho intramolecular Hbond substituents is 1. The van der Waals surface area contributed by atoms with Crippen LogP contribution in [0.3, 0.4) is 0 Å². The van der Waals surface area contributed by atoms with E-state index >= 15 is 0 Å². The van der Waals surface area contributed by atoms with Gasteiger partial charge in [-0.3, -0.25) is 0 Å². The summed E-state index contributed by atoms with van der Waals surface area (Å²) in [4.78, 5) is 0.251. The van der Waals surface area contributed by atoms with Crippen LogP contribution in [0.4, 0.5) is 0 Å². The van der Waals surface area contributed by atoms with Crippen molar-refractivity contribution in [3.63, 3.8) is 0 Å². The molecule has 0 heterocycles. The van der Waals surface area contributed by atoms with Crippen LogP contribution in [0.1, 0.15) is 47.1 Å². The van der Waals surface area contributed by atoms with E-state index in [0.29, 0.717) is 5.75 Å². The Morgan fingerprint density at radius 3 is 1.88 bits per heavy atom. The molecule has 5 heteroatoms. The van der Waals surface area contributed by atoms with E-state index in [0.717, 1.165) is 5.56 Å². The molecule has 0 atom stereocenters. The molecule has 1 N–H and O–H groups in total. The van der Waals surface area contributed by atoms with E-state index in [1.54, 1.807) is 24.3 Å². The maximum Gasteiger partial charge on any atom is 0.206 e. The highest BCUT2D eigenvalue weighted by Crippen LogP contribution is 2.32. The van der Waals surface area contributed by atoms with E-state index in [2.05, 4.69) is 0 Å². The Kier molecular flexibility index (Phi) is 4.92. The topological polar surface area (TPSA) is 63.6 Å². The van der Waals surface area contributed by atoms with Gasteiger partial charge >= 0.3 is 0 Å². The van der Waals surface area contributed by atoms with Gasteiger partial charge in [0.25, 0.3) is 0 Å². The summed E-state index contributed by atoms with van der Waals surface area (Å²) < 4.78 is 31.5. The number of benzene rings is 2. The maximum absolute atomic E-state index is 12.9. The first-order chi connectivity index (χ1) is 11.3. The Bertz CT molecular complexity index is 852. The van der Waals surface area contributed by atoms with E-state index in [-0.39, 0.29) is 26.6 Å². The SMILES string of the molecule is CC(C)(C)Oc1ccc(S(=O)(=O)c2cc(O)cc(C(C)(C)C)c2)cc1. The number of hydrogen-bond donors (Lipinski definition) is 1. The van der Waals surface area contributed by atoms with Gasteiger partial charge in [0.1, 0.15) is 17.1 Å². The summed E-state index contributed by atoms with van der Waals surface area (Å²) in [7, 11) is -3.72. The average molecular weight is 362 g/mol. The van der Waals surface area contributed by atoms with Crippen LogP contribution in [0.15, 0.2) is 52.3 Å². The molecular weight excluding hydrogens is 336 g/mol. The van der Waals surface area contributed by atoms with Crippen molar-refractivity contribution in [3.05, 3.63) is 48.0 Å². The Labute approximate surface area is 150 Å². The smallest absolute Gasteiger partial charge is 0.206 e. The van der Waals surface area contributed by atoms with Gasteiger partial charge in [-0.05, 0) is 74.2 Å². The third-order valence-corrected chi connectivity index (χ3v) is 5.37. The monoisotopic (exact) mass is 362 g/mol. The van der Waals surface area contributed by atoms with Gasteiger partial charge in [-0.15, -0.1) is 0 Å². The number of sulfone groups is 1. The molecule has 0 unspecified atom stereocenters. The van der Waals surface area contributed by atoms with Crippen LogP contribution in [-0.2, 0) is 15.3 Å². The van der Waals surface area contributed by atoms with Gasteiger partial charge in [0.05, 0.1) is 9.79 Å². The molecule has 0 aliphatic heterocycles. The largest absolute Gasteiger partial charge is 0.508 e. The number of aromatic hydroxyl groups is 1. The molecule has 0 spiro atoms. The number of hydrogen-bond acceptors (Lipinski definition) is 4. The molecule has 0 saturated carbocycles. The highest BCUT2D eigenvalue weighted by atomic mass is 32.2. The Hall–Kier alpha value is -2.01. The fourth-order valence-corrected chi connectivity index (χ4v) is 3.67. The van der Waals surface area contributed by atoms with Crippen molar-refractivity contribution in [1.29, 1.82) is 0 Å². The zero-order valence-corrected chi connectivity index (χ0v) is 16.4. The normalized spacial score (nSPS) is 12.9. The molecule has 136 valence electrons. The zero-order valence-electron chi connectivity index (χ0n) is 15.6. The molecule has 25 heavy (non-hydrogen) atoms. The van der Waals surface area contributed by atoms with Crippen molar-refractivity contribution in [2.75, 3.05) is 0 Å². The first-order valence-electron chi connectivity index (χ1n) is 8.18. The van der Waals surface area contributed by atoms with E-state index in [1.165, 1.54) is 18.2 Å². The summed E-state index contributed by atoms with van der Waals surface area (Å²) in [5, 5.41) is 9.95. The lowest BCUT2D eigenvalue weighted by atomic mass is 9.87. The summed E-state index contributed by atoms with van der Waals surface area (Å²) in [6.07, 6.45) is 0. The van der Waals surface area contributed by atoms with Crippen molar-refractivity contribution in [3.8, 4) is 11.5 Å². The minimum absolute atomic E-state index is 0.0568. The number of ether oxygens (including phenoxy) is 1. The lowest BCUT2D eigenvalue weighted by Gasteiger charge is -2.21. The minimum atomic E-state index is -3.72. The third kappa shape index (κ3) is 4.75. The predicted molar refractivity (Wildman–Crippen MR) is 99.1 cm³/mol. The number of rotatable bonds is 3. The summed E-state index contributed by atoms with van der Waals surface area (Å²) in [5.74, 6) is 0.552. The van der Waals surface area contributed by atoms with Crippen LogP contribution in [0.5, 0.6) is 11.5 Å². The van der Waals surface area contributed by atoms with Crippen LogP contribution < -0.4 is 4.74 Å². The summed E-state index contributed by atoms with van der Waals surface area (Å²) in [6, 6.07) is 10.8. The van der Waals surface area contributed by atoms with Crippen LogP contribution in [0, 0.1) is 0 Å². The highest BCUT2D eigenvalue weighted by Gasteiger charge is 2.23. The maximum atomic E-state index is 12.9. The fourth-order valence-electron chi connectivity index (χ4n) is 2.35. The first-order valence-corrected chi connectivity index (χ1v) is 9.66. The Balaban J connectivity index is 2.44. The molecule has 2 aromatic carbocycles. The van der Waals surface area contributed by atoms with E-state index in [9.17, 15) is 13.5 Å². The highest BCUT2D eigenvalue weighted by molar-refractivity contribution is 7.91.